The number of carbonyl (C=O) groups is 1. The van der Waals surface area contributed by atoms with E-state index in [1.54, 1.807) is 0 Å². The summed E-state index contributed by atoms with van der Waals surface area (Å²) in [5.41, 5.74) is 5.72. The Morgan fingerprint density at radius 1 is 1.13 bits per heavy atom. The summed E-state index contributed by atoms with van der Waals surface area (Å²) in [5, 5.41) is 15.0. The van der Waals surface area contributed by atoms with Gasteiger partial charge in [0.2, 0.25) is 0 Å². The molecule has 1 aliphatic rings. The van der Waals surface area contributed by atoms with Crippen molar-refractivity contribution in [3.05, 3.63) is 75.3 Å². The molecule has 0 bridgehead atoms. The molecule has 2 aromatic rings. The maximum Gasteiger partial charge on any atom is 0.271 e. The summed E-state index contributed by atoms with van der Waals surface area (Å²) in [6.45, 7) is 0. The molecule has 0 aromatic heterocycles. The number of benzene rings is 2. The predicted molar refractivity (Wildman–Crippen MR) is 86.5 cm³/mol. The van der Waals surface area contributed by atoms with Crippen LogP contribution in [0.2, 0.25) is 0 Å². The van der Waals surface area contributed by atoms with Crippen LogP contribution in [0, 0.1) is 10.1 Å². The summed E-state index contributed by atoms with van der Waals surface area (Å²) in [5.74, 6) is -0.454. The molecule has 23 heavy (non-hydrogen) atoms. The van der Waals surface area contributed by atoms with Crippen molar-refractivity contribution in [2.75, 3.05) is 0 Å². The molecule has 0 saturated heterocycles. The molecular weight excluding hydrogens is 294 g/mol. The molecule has 0 fully saturated rings. The molecular formula is C17H15N3O3. The van der Waals surface area contributed by atoms with Crippen LogP contribution in [-0.4, -0.2) is 16.5 Å². The van der Waals surface area contributed by atoms with Gasteiger partial charge in [-0.05, 0) is 30.9 Å². The van der Waals surface area contributed by atoms with E-state index in [2.05, 4.69) is 16.6 Å². The van der Waals surface area contributed by atoms with E-state index in [1.165, 1.54) is 29.8 Å². The van der Waals surface area contributed by atoms with E-state index in [9.17, 15) is 14.9 Å². The molecule has 0 saturated carbocycles. The van der Waals surface area contributed by atoms with Crippen molar-refractivity contribution in [3.63, 3.8) is 0 Å². The average Bonchev–Trinajstić information content (AvgIpc) is 2.59. The standard InChI is InChI=1S/C17H15N3O3/c21-17(13-7-3-8-14(11-13)20(22)23)19-18-16-10-4-6-12-5-1-2-9-15(12)16/h1-3,5,7-9,11H,4,6,10H2,(H,19,21)/b18-16-. The molecule has 0 heterocycles. The van der Waals surface area contributed by atoms with Gasteiger partial charge in [0.25, 0.3) is 11.6 Å². The second-order valence-corrected chi connectivity index (χ2v) is 5.32. The number of hydrazone groups is 1. The highest BCUT2D eigenvalue weighted by Gasteiger charge is 2.16. The molecule has 1 amide bonds. The molecule has 0 unspecified atom stereocenters. The summed E-state index contributed by atoms with van der Waals surface area (Å²) in [7, 11) is 0. The number of non-ortho nitro benzene ring substituents is 1. The quantitative estimate of drug-likeness (QED) is 0.698. The van der Waals surface area contributed by atoms with Gasteiger partial charge in [0, 0.05) is 23.3 Å². The van der Waals surface area contributed by atoms with Crippen molar-refractivity contribution in [1.82, 2.24) is 5.43 Å². The lowest BCUT2D eigenvalue weighted by atomic mass is 9.90. The maximum absolute atomic E-state index is 12.1. The number of nitrogens with one attached hydrogen (secondary N) is 1. The van der Waals surface area contributed by atoms with Crippen molar-refractivity contribution >= 4 is 17.3 Å². The average molecular weight is 309 g/mol. The van der Waals surface area contributed by atoms with Gasteiger partial charge in [0.05, 0.1) is 10.6 Å². The molecule has 0 spiro atoms. The topological polar surface area (TPSA) is 84.6 Å². The van der Waals surface area contributed by atoms with Crippen LogP contribution in [0.25, 0.3) is 0 Å². The monoisotopic (exact) mass is 309 g/mol. The summed E-state index contributed by atoms with van der Waals surface area (Å²) >= 11 is 0. The first-order chi connectivity index (χ1) is 11.1. The Morgan fingerprint density at radius 3 is 2.78 bits per heavy atom. The Labute approximate surface area is 133 Å². The van der Waals surface area contributed by atoms with Crippen LogP contribution in [0.4, 0.5) is 5.69 Å². The zero-order valence-corrected chi connectivity index (χ0v) is 12.4. The van der Waals surface area contributed by atoms with Crippen LogP contribution in [0.5, 0.6) is 0 Å². The normalized spacial score (nSPS) is 15.0. The smallest absolute Gasteiger partial charge is 0.267 e. The Hall–Kier alpha value is -3.02. The molecule has 6 nitrogen and oxygen atoms in total. The lowest BCUT2D eigenvalue weighted by Gasteiger charge is -2.17. The largest absolute Gasteiger partial charge is 0.271 e. The highest BCUT2D eigenvalue weighted by molar-refractivity contribution is 6.04. The van der Waals surface area contributed by atoms with Crippen LogP contribution in [0.1, 0.15) is 34.3 Å². The number of nitro benzene ring substituents is 1. The molecule has 2 aromatic carbocycles. The van der Waals surface area contributed by atoms with Crippen LogP contribution in [0.15, 0.2) is 53.6 Å². The van der Waals surface area contributed by atoms with E-state index in [4.69, 9.17) is 0 Å². The molecule has 1 aliphatic carbocycles. The summed E-state index contributed by atoms with van der Waals surface area (Å²) in [6.07, 6.45) is 2.79. The Bertz CT molecular complexity index is 799. The number of carbonyl (C=O) groups excluding carboxylic acids is 1. The first kappa shape index (κ1) is 14.9. The number of hydrogen-bond donors (Lipinski definition) is 1. The van der Waals surface area contributed by atoms with Crippen molar-refractivity contribution in [1.29, 1.82) is 0 Å². The summed E-state index contributed by atoms with van der Waals surface area (Å²) < 4.78 is 0. The predicted octanol–water partition coefficient (Wildman–Crippen LogP) is 3.07. The third-order valence-electron chi connectivity index (χ3n) is 3.80. The van der Waals surface area contributed by atoms with Crippen molar-refractivity contribution in [2.24, 2.45) is 5.10 Å². The summed E-state index contributed by atoms with van der Waals surface area (Å²) in [4.78, 5) is 22.4. The molecule has 0 aliphatic heterocycles. The van der Waals surface area contributed by atoms with E-state index < -0.39 is 10.8 Å². The van der Waals surface area contributed by atoms with Crippen molar-refractivity contribution in [3.8, 4) is 0 Å². The number of amides is 1. The number of rotatable bonds is 3. The molecule has 3 rings (SSSR count). The van der Waals surface area contributed by atoms with Gasteiger partial charge in [-0.1, -0.05) is 30.3 Å². The van der Waals surface area contributed by atoms with Gasteiger partial charge in [-0.25, -0.2) is 5.43 Å². The van der Waals surface area contributed by atoms with Crippen LogP contribution < -0.4 is 5.43 Å². The molecule has 0 radical (unpaired) electrons. The SMILES string of the molecule is O=C(N/N=C1/CCCc2ccccc21)c1cccc([N+](=O)[O-])c1. The van der Waals surface area contributed by atoms with Gasteiger partial charge < -0.3 is 0 Å². The Kier molecular flexibility index (Phi) is 4.14. The van der Waals surface area contributed by atoms with Gasteiger partial charge in [0.15, 0.2) is 0 Å². The van der Waals surface area contributed by atoms with E-state index in [1.807, 2.05) is 18.2 Å². The fraction of sp³-hybridized carbons (Fsp3) is 0.176. The van der Waals surface area contributed by atoms with E-state index in [-0.39, 0.29) is 11.3 Å². The fourth-order valence-corrected chi connectivity index (χ4v) is 2.66. The Morgan fingerprint density at radius 2 is 1.96 bits per heavy atom. The molecule has 6 heteroatoms. The fourth-order valence-electron chi connectivity index (χ4n) is 2.66. The lowest BCUT2D eigenvalue weighted by molar-refractivity contribution is -0.384. The van der Waals surface area contributed by atoms with E-state index in [0.717, 1.165) is 30.5 Å². The number of hydrogen-bond acceptors (Lipinski definition) is 4. The zero-order chi connectivity index (χ0) is 16.2. The molecule has 116 valence electrons. The van der Waals surface area contributed by atoms with Crippen molar-refractivity contribution in [2.45, 2.75) is 19.3 Å². The number of fused-ring (bicyclic) bond motifs is 1. The van der Waals surface area contributed by atoms with Gasteiger partial charge >= 0.3 is 0 Å². The van der Waals surface area contributed by atoms with E-state index in [0.29, 0.717) is 0 Å². The van der Waals surface area contributed by atoms with Crippen LogP contribution in [-0.2, 0) is 6.42 Å². The first-order valence-electron chi connectivity index (χ1n) is 7.35. The molecule has 0 atom stereocenters. The van der Waals surface area contributed by atoms with Crippen LogP contribution >= 0.6 is 0 Å². The minimum atomic E-state index is -0.528. The zero-order valence-electron chi connectivity index (χ0n) is 12.4. The minimum Gasteiger partial charge on any atom is -0.267 e. The summed E-state index contributed by atoms with van der Waals surface area (Å²) in [6, 6.07) is 13.6. The lowest BCUT2D eigenvalue weighted by Crippen LogP contribution is -2.22. The number of aryl methyl sites for hydroxylation is 1. The van der Waals surface area contributed by atoms with Crippen molar-refractivity contribution < 1.29 is 9.72 Å². The molecule has 1 N–H and O–H groups in total. The maximum atomic E-state index is 12.1. The van der Waals surface area contributed by atoms with Gasteiger partial charge in [-0.2, -0.15) is 5.10 Å². The number of nitro groups is 1. The van der Waals surface area contributed by atoms with Gasteiger partial charge in [-0.3, -0.25) is 14.9 Å². The highest BCUT2D eigenvalue weighted by atomic mass is 16.6. The highest BCUT2D eigenvalue weighted by Crippen LogP contribution is 2.21. The first-order valence-corrected chi connectivity index (χ1v) is 7.35. The third kappa shape index (κ3) is 3.26. The Balaban J connectivity index is 1.79. The van der Waals surface area contributed by atoms with Gasteiger partial charge in [-0.15, -0.1) is 0 Å². The van der Waals surface area contributed by atoms with Crippen LogP contribution in [0.3, 0.4) is 0 Å². The minimum absolute atomic E-state index is 0.117. The van der Waals surface area contributed by atoms with Gasteiger partial charge in [0.1, 0.15) is 0 Å². The number of nitrogens with zero attached hydrogens (tertiary/aromatic N) is 2. The van der Waals surface area contributed by atoms with E-state index >= 15 is 0 Å². The second-order valence-electron chi connectivity index (χ2n) is 5.32. The third-order valence-corrected chi connectivity index (χ3v) is 3.80. The second kappa shape index (κ2) is 6.39.